The van der Waals surface area contributed by atoms with Crippen LogP contribution in [-0.2, 0) is 0 Å². The first-order valence-electron chi connectivity index (χ1n) is 4.14. The first kappa shape index (κ1) is 9.48. The third-order valence-electron chi connectivity index (χ3n) is 1.37. The molecule has 0 spiro atoms. The van der Waals surface area contributed by atoms with Crippen LogP contribution in [0.5, 0.6) is 0 Å². The van der Waals surface area contributed by atoms with Crippen molar-refractivity contribution in [3.05, 3.63) is 23.8 Å². The summed E-state index contributed by atoms with van der Waals surface area (Å²) in [7, 11) is 0. The van der Waals surface area contributed by atoms with Crippen molar-refractivity contribution >= 4 is 0 Å². The smallest absolute Gasteiger partial charge is 0.0348 e. The molecule has 0 radical (unpaired) electrons. The van der Waals surface area contributed by atoms with Gasteiger partial charge in [-0.25, -0.2) is 0 Å². The van der Waals surface area contributed by atoms with Gasteiger partial charge in [0.15, 0.2) is 0 Å². The fraction of sp³-hybridized carbons (Fsp3) is 0.600. The van der Waals surface area contributed by atoms with Crippen molar-refractivity contribution in [3.8, 4) is 0 Å². The summed E-state index contributed by atoms with van der Waals surface area (Å²) in [5.74, 6) is 0. The van der Waals surface area contributed by atoms with Gasteiger partial charge >= 0.3 is 0 Å². The lowest BCUT2D eigenvalue weighted by atomic mass is 10.2. The Morgan fingerprint density at radius 1 is 1.30 bits per heavy atom. The summed E-state index contributed by atoms with van der Waals surface area (Å²) in [6.07, 6.45) is 10.3. The van der Waals surface area contributed by atoms with Crippen LogP contribution in [0.4, 0.5) is 0 Å². The van der Waals surface area contributed by atoms with E-state index in [1.54, 1.807) is 0 Å². The lowest BCUT2D eigenvalue weighted by Crippen LogP contribution is -1.68. The molecule has 0 rings (SSSR count). The molecule has 0 aromatic carbocycles. The maximum atomic E-state index is 2.28. The van der Waals surface area contributed by atoms with E-state index in [4.69, 9.17) is 0 Å². The Morgan fingerprint density at radius 2 is 2.00 bits per heavy atom. The van der Waals surface area contributed by atoms with Crippen LogP contribution in [0.25, 0.3) is 0 Å². The van der Waals surface area contributed by atoms with E-state index >= 15 is 0 Å². The van der Waals surface area contributed by atoms with Crippen LogP contribution >= 0.6 is 0 Å². The van der Waals surface area contributed by atoms with Crippen LogP contribution in [-0.4, -0.2) is 0 Å². The molecule has 0 saturated heterocycles. The van der Waals surface area contributed by atoms with Gasteiger partial charge in [-0.05, 0) is 19.8 Å². The highest BCUT2D eigenvalue weighted by molar-refractivity contribution is 5.15. The average Bonchev–Trinajstić information content (AvgIpc) is 1.97. The van der Waals surface area contributed by atoms with Crippen LogP contribution in [0.3, 0.4) is 0 Å². The molecular formula is C10H18. The molecule has 0 saturated carbocycles. The van der Waals surface area contributed by atoms with E-state index in [1.807, 2.05) is 0 Å². The van der Waals surface area contributed by atoms with Crippen LogP contribution in [0.1, 0.15) is 40.0 Å². The van der Waals surface area contributed by atoms with Gasteiger partial charge in [0.2, 0.25) is 0 Å². The lowest BCUT2D eigenvalue weighted by molar-refractivity contribution is 0.952. The van der Waals surface area contributed by atoms with E-state index in [0.717, 1.165) is 6.42 Å². The second kappa shape index (κ2) is 6.60. The van der Waals surface area contributed by atoms with Gasteiger partial charge < -0.3 is 0 Å². The van der Waals surface area contributed by atoms with Crippen molar-refractivity contribution in [1.29, 1.82) is 0 Å². The quantitative estimate of drug-likeness (QED) is 0.520. The fourth-order valence-electron chi connectivity index (χ4n) is 0.744. The third-order valence-corrected chi connectivity index (χ3v) is 1.37. The maximum absolute atomic E-state index is 2.28. The molecule has 58 valence electrons. The molecule has 0 aromatic rings. The van der Waals surface area contributed by atoms with E-state index in [0.29, 0.717) is 0 Å². The standard InChI is InChI=1S/C10H18/c1-4-6-8-10(3)9-7-5-2/h6,8-9H,4-5,7H2,1-3H3/b8-6-,10-9-. The third kappa shape index (κ3) is 5.61. The van der Waals surface area contributed by atoms with Gasteiger partial charge in [-0.3, -0.25) is 0 Å². The molecule has 0 bridgehead atoms. The van der Waals surface area contributed by atoms with Gasteiger partial charge in [-0.2, -0.15) is 0 Å². The van der Waals surface area contributed by atoms with Gasteiger partial charge in [0, 0.05) is 0 Å². The molecule has 0 amide bonds. The van der Waals surface area contributed by atoms with Crippen LogP contribution in [0.2, 0.25) is 0 Å². The van der Waals surface area contributed by atoms with Crippen LogP contribution in [0, 0.1) is 0 Å². The summed E-state index contributed by atoms with van der Waals surface area (Å²) >= 11 is 0. The highest BCUT2D eigenvalue weighted by atomic mass is 13.9. The Balaban J connectivity index is 3.59. The second-order valence-corrected chi connectivity index (χ2v) is 2.55. The Bertz CT molecular complexity index is 118. The van der Waals surface area contributed by atoms with E-state index in [9.17, 15) is 0 Å². The van der Waals surface area contributed by atoms with Gasteiger partial charge in [0.05, 0.1) is 0 Å². The minimum Gasteiger partial charge on any atom is -0.0846 e. The van der Waals surface area contributed by atoms with Crippen LogP contribution in [0.15, 0.2) is 23.8 Å². The minimum absolute atomic E-state index is 1.14. The zero-order valence-electron chi connectivity index (χ0n) is 7.35. The predicted octanol–water partition coefficient (Wildman–Crippen LogP) is 3.70. The molecule has 0 nitrogen and oxygen atoms in total. The second-order valence-electron chi connectivity index (χ2n) is 2.55. The fourth-order valence-corrected chi connectivity index (χ4v) is 0.744. The molecule has 0 heterocycles. The Hall–Kier alpha value is -0.520. The van der Waals surface area contributed by atoms with Gasteiger partial charge in [0.25, 0.3) is 0 Å². The molecule has 10 heavy (non-hydrogen) atoms. The maximum Gasteiger partial charge on any atom is -0.0348 e. The Kier molecular flexibility index (Phi) is 6.25. The predicted molar refractivity (Wildman–Crippen MR) is 48.1 cm³/mol. The largest absolute Gasteiger partial charge is 0.0846 e. The zero-order chi connectivity index (χ0) is 7.82. The SMILES string of the molecule is CC/C=C\C(C)=C/CCC. The molecule has 0 fully saturated rings. The Morgan fingerprint density at radius 3 is 2.50 bits per heavy atom. The molecule has 0 aromatic heterocycles. The van der Waals surface area contributed by atoms with Gasteiger partial charge in [-0.15, -0.1) is 0 Å². The lowest BCUT2D eigenvalue weighted by Gasteiger charge is -1.89. The Labute approximate surface area is 64.6 Å². The van der Waals surface area contributed by atoms with Gasteiger partial charge in [-0.1, -0.05) is 44.1 Å². The highest BCUT2D eigenvalue weighted by Gasteiger charge is 1.78. The van der Waals surface area contributed by atoms with E-state index in [1.165, 1.54) is 18.4 Å². The normalized spacial score (nSPS) is 12.9. The molecule has 0 aliphatic carbocycles. The van der Waals surface area contributed by atoms with Crippen molar-refractivity contribution in [2.45, 2.75) is 40.0 Å². The molecular weight excluding hydrogens is 120 g/mol. The molecule has 0 heteroatoms. The molecule has 0 aliphatic heterocycles. The summed E-state index contributed by atoms with van der Waals surface area (Å²) in [6.45, 7) is 6.51. The topological polar surface area (TPSA) is 0 Å². The number of unbranched alkanes of at least 4 members (excludes halogenated alkanes) is 1. The first-order chi connectivity index (χ1) is 4.81. The molecule has 0 atom stereocenters. The average molecular weight is 138 g/mol. The molecule has 0 N–H and O–H groups in total. The minimum atomic E-state index is 1.14. The summed E-state index contributed by atoms with van der Waals surface area (Å²) in [4.78, 5) is 0. The molecule has 0 aliphatic rings. The van der Waals surface area contributed by atoms with Crippen molar-refractivity contribution in [2.75, 3.05) is 0 Å². The van der Waals surface area contributed by atoms with E-state index < -0.39 is 0 Å². The summed E-state index contributed by atoms with van der Waals surface area (Å²) in [5.41, 5.74) is 1.39. The van der Waals surface area contributed by atoms with Crippen molar-refractivity contribution in [3.63, 3.8) is 0 Å². The number of rotatable bonds is 4. The summed E-state index contributed by atoms with van der Waals surface area (Å²) in [5, 5.41) is 0. The highest BCUT2D eigenvalue weighted by Crippen LogP contribution is 1.99. The summed E-state index contributed by atoms with van der Waals surface area (Å²) in [6, 6.07) is 0. The van der Waals surface area contributed by atoms with Gasteiger partial charge in [0.1, 0.15) is 0 Å². The number of allylic oxidation sites excluding steroid dienone is 4. The monoisotopic (exact) mass is 138 g/mol. The van der Waals surface area contributed by atoms with Crippen LogP contribution < -0.4 is 0 Å². The first-order valence-corrected chi connectivity index (χ1v) is 4.14. The number of hydrogen-bond acceptors (Lipinski definition) is 0. The molecule has 0 unspecified atom stereocenters. The number of hydrogen-bond donors (Lipinski definition) is 0. The van der Waals surface area contributed by atoms with E-state index in [2.05, 4.69) is 39.0 Å². The zero-order valence-corrected chi connectivity index (χ0v) is 7.35. The van der Waals surface area contributed by atoms with E-state index in [-0.39, 0.29) is 0 Å². The van der Waals surface area contributed by atoms with Crippen molar-refractivity contribution in [1.82, 2.24) is 0 Å². The van der Waals surface area contributed by atoms with Crippen molar-refractivity contribution in [2.24, 2.45) is 0 Å². The van der Waals surface area contributed by atoms with Crippen molar-refractivity contribution < 1.29 is 0 Å². The summed E-state index contributed by atoms with van der Waals surface area (Å²) < 4.78 is 0.